The number of hydrogen-bond donors (Lipinski definition) is 1. The van der Waals surface area contributed by atoms with Crippen molar-refractivity contribution in [2.24, 2.45) is 0 Å². The lowest BCUT2D eigenvalue weighted by Crippen LogP contribution is -2.08. The number of fused-ring (bicyclic) bond motifs is 2. The second-order valence-electron chi connectivity index (χ2n) is 5.82. The Labute approximate surface area is 143 Å². The molecule has 126 valence electrons. The lowest BCUT2D eigenvalue weighted by molar-refractivity contribution is 0.0484. The smallest absolute Gasteiger partial charge is 0.268 e. The van der Waals surface area contributed by atoms with Crippen LogP contribution in [0.2, 0.25) is 0 Å². The number of nitrogens with zero attached hydrogens (tertiary/aromatic N) is 2. The van der Waals surface area contributed by atoms with Crippen molar-refractivity contribution >= 4 is 0 Å². The first-order valence-electron chi connectivity index (χ1n) is 8.09. The summed E-state index contributed by atoms with van der Waals surface area (Å²) in [6, 6.07) is 11.4. The number of ether oxygens (including phenoxy) is 4. The highest BCUT2D eigenvalue weighted by Crippen LogP contribution is 2.43. The second-order valence-corrected chi connectivity index (χ2v) is 5.82. The summed E-state index contributed by atoms with van der Waals surface area (Å²) in [5.41, 5.74) is 1.76. The number of H-pyrrole nitrogens is 1. The van der Waals surface area contributed by atoms with Crippen LogP contribution in [0.1, 0.15) is 18.3 Å². The van der Waals surface area contributed by atoms with Gasteiger partial charge in [0.15, 0.2) is 28.8 Å². The van der Waals surface area contributed by atoms with Crippen molar-refractivity contribution < 1.29 is 18.9 Å². The molecule has 5 rings (SSSR count). The van der Waals surface area contributed by atoms with Gasteiger partial charge in [-0.3, -0.25) is 5.10 Å². The van der Waals surface area contributed by atoms with Crippen molar-refractivity contribution in [3.63, 3.8) is 0 Å². The van der Waals surface area contributed by atoms with Gasteiger partial charge in [0, 0.05) is 17.5 Å². The molecule has 2 aliphatic rings. The first-order chi connectivity index (χ1) is 12.4. The largest absolute Gasteiger partial charge is 0.490 e. The minimum atomic E-state index is -0.517. The fourth-order valence-corrected chi connectivity index (χ4v) is 2.91. The Bertz CT molecular complexity index is 911. The van der Waals surface area contributed by atoms with Gasteiger partial charge in [0.1, 0.15) is 6.33 Å². The predicted octanol–water partition coefficient (Wildman–Crippen LogP) is 3.10. The van der Waals surface area contributed by atoms with Gasteiger partial charge >= 0.3 is 0 Å². The summed E-state index contributed by atoms with van der Waals surface area (Å²) in [4.78, 5) is 4.15. The van der Waals surface area contributed by atoms with E-state index >= 15 is 0 Å². The molecule has 25 heavy (non-hydrogen) atoms. The molecule has 1 aromatic heterocycles. The van der Waals surface area contributed by atoms with Crippen LogP contribution in [0.15, 0.2) is 42.7 Å². The molecular formula is C18H15N3O4. The molecule has 0 bridgehead atoms. The number of benzene rings is 2. The van der Waals surface area contributed by atoms with Gasteiger partial charge in [-0.25, -0.2) is 4.98 Å². The second kappa shape index (κ2) is 5.70. The number of aromatic nitrogens is 3. The lowest BCUT2D eigenvalue weighted by atomic mass is 10.2. The summed E-state index contributed by atoms with van der Waals surface area (Å²) in [5.74, 6) is 3.53. The van der Waals surface area contributed by atoms with Crippen LogP contribution in [0.3, 0.4) is 0 Å². The van der Waals surface area contributed by atoms with E-state index in [2.05, 4.69) is 15.2 Å². The van der Waals surface area contributed by atoms with E-state index in [0.717, 1.165) is 29.0 Å². The molecule has 2 aromatic carbocycles. The quantitative estimate of drug-likeness (QED) is 0.774. The van der Waals surface area contributed by atoms with Crippen LogP contribution in [0.5, 0.6) is 23.0 Å². The fraction of sp³-hybridized carbons (Fsp3) is 0.222. The van der Waals surface area contributed by atoms with Crippen LogP contribution in [0.4, 0.5) is 0 Å². The Hall–Kier alpha value is -3.22. The number of hydrogen-bond acceptors (Lipinski definition) is 6. The average Bonchev–Trinajstić information content (AvgIpc) is 3.26. The molecule has 1 atom stereocenters. The molecule has 7 nitrogen and oxygen atoms in total. The summed E-state index contributed by atoms with van der Waals surface area (Å²) in [6.45, 7) is 1.31. The minimum absolute atomic E-state index is 0.517. The number of nitrogens with one attached hydrogen (secondary N) is 1. The standard InChI is InChI=1S/C18H15N3O4/c1-6-22-13-4-3-12(9-15(13)23-7-1)18-24-14-5-2-11(8-16(14)25-18)17-19-10-20-21-17/h2-5,8-10,18H,1,6-7H2,(H,19,20,21). The average molecular weight is 337 g/mol. The van der Waals surface area contributed by atoms with Gasteiger partial charge in [0.25, 0.3) is 6.29 Å². The molecule has 0 radical (unpaired) electrons. The van der Waals surface area contributed by atoms with Crippen molar-refractivity contribution in [2.45, 2.75) is 12.7 Å². The molecule has 0 fully saturated rings. The van der Waals surface area contributed by atoms with Gasteiger partial charge in [0.05, 0.1) is 13.2 Å². The molecule has 7 heteroatoms. The summed E-state index contributed by atoms with van der Waals surface area (Å²) < 4.78 is 23.3. The van der Waals surface area contributed by atoms with Crippen molar-refractivity contribution in [2.75, 3.05) is 13.2 Å². The van der Waals surface area contributed by atoms with Crippen molar-refractivity contribution in [1.82, 2.24) is 15.2 Å². The number of aromatic amines is 1. The summed E-state index contributed by atoms with van der Waals surface area (Å²) in [7, 11) is 0. The van der Waals surface area contributed by atoms with Crippen LogP contribution in [-0.2, 0) is 0 Å². The summed E-state index contributed by atoms with van der Waals surface area (Å²) in [6.07, 6.45) is 1.83. The van der Waals surface area contributed by atoms with Gasteiger partial charge in [-0.1, -0.05) is 0 Å². The molecule has 3 aromatic rings. The predicted molar refractivity (Wildman–Crippen MR) is 87.9 cm³/mol. The van der Waals surface area contributed by atoms with E-state index in [4.69, 9.17) is 18.9 Å². The third-order valence-corrected chi connectivity index (χ3v) is 4.14. The molecule has 0 saturated carbocycles. The van der Waals surface area contributed by atoms with Crippen molar-refractivity contribution in [3.05, 3.63) is 48.3 Å². The SMILES string of the molecule is c1n[nH]c(-c2ccc3c(c2)OC(c2ccc4c(c2)OCCCO4)O3)n1. The highest BCUT2D eigenvalue weighted by molar-refractivity contribution is 5.61. The van der Waals surface area contributed by atoms with E-state index < -0.39 is 6.29 Å². The Morgan fingerprint density at radius 2 is 1.72 bits per heavy atom. The molecule has 0 aliphatic carbocycles. The molecule has 0 saturated heterocycles. The van der Waals surface area contributed by atoms with E-state index in [1.54, 1.807) is 0 Å². The Morgan fingerprint density at radius 1 is 0.880 bits per heavy atom. The maximum absolute atomic E-state index is 5.97. The minimum Gasteiger partial charge on any atom is -0.490 e. The van der Waals surface area contributed by atoms with Crippen LogP contribution in [0, 0.1) is 0 Å². The molecule has 1 N–H and O–H groups in total. The summed E-state index contributed by atoms with van der Waals surface area (Å²) in [5, 5.41) is 6.71. The molecule has 0 amide bonds. The van der Waals surface area contributed by atoms with Gasteiger partial charge in [-0.2, -0.15) is 5.10 Å². The number of rotatable bonds is 2. The highest BCUT2D eigenvalue weighted by atomic mass is 16.7. The lowest BCUT2D eigenvalue weighted by Gasteiger charge is -2.13. The third-order valence-electron chi connectivity index (χ3n) is 4.14. The van der Waals surface area contributed by atoms with Crippen molar-refractivity contribution in [3.8, 4) is 34.4 Å². The topological polar surface area (TPSA) is 78.5 Å². The fourth-order valence-electron chi connectivity index (χ4n) is 2.91. The van der Waals surface area contributed by atoms with Crippen LogP contribution >= 0.6 is 0 Å². The Kier molecular flexibility index (Phi) is 3.22. The van der Waals surface area contributed by atoms with E-state index in [9.17, 15) is 0 Å². The van der Waals surface area contributed by atoms with E-state index in [1.807, 2.05) is 36.4 Å². The first kappa shape index (κ1) is 14.2. The maximum atomic E-state index is 5.97. The zero-order valence-electron chi connectivity index (χ0n) is 13.3. The van der Waals surface area contributed by atoms with Crippen LogP contribution in [0.25, 0.3) is 11.4 Å². The van der Waals surface area contributed by atoms with Gasteiger partial charge < -0.3 is 18.9 Å². The molecule has 3 heterocycles. The van der Waals surface area contributed by atoms with E-state index in [-0.39, 0.29) is 0 Å². The van der Waals surface area contributed by atoms with Gasteiger partial charge in [-0.15, -0.1) is 0 Å². The monoisotopic (exact) mass is 337 g/mol. The van der Waals surface area contributed by atoms with Gasteiger partial charge in [0.2, 0.25) is 0 Å². The van der Waals surface area contributed by atoms with Crippen LogP contribution in [-0.4, -0.2) is 28.4 Å². The molecule has 2 aliphatic heterocycles. The highest BCUT2D eigenvalue weighted by Gasteiger charge is 2.27. The third kappa shape index (κ3) is 2.53. The molecule has 1 unspecified atom stereocenters. The zero-order chi connectivity index (χ0) is 16.6. The Morgan fingerprint density at radius 3 is 2.60 bits per heavy atom. The van der Waals surface area contributed by atoms with Gasteiger partial charge in [-0.05, 0) is 36.4 Å². The normalized spacial score (nSPS) is 18.0. The van der Waals surface area contributed by atoms with Crippen molar-refractivity contribution in [1.29, 1.82) is 0 Å². The Balaban J connectivity index is 1.42. The van der Waals surface area contributed by atoms with E-state index in [1.165, 1.54) is 6.33 Å². The van der Waals surface area contributed by atoms with E-state index in [0.29, 0.717) is 30.5 Å². The maximum Gasteiger partial charge on any atom is 0.268 e. The molecular weight excluding hydrogens is 322 g/mol. The zero-order valence-corrected chi connectivity index (χ0v) is 13.3. The summed E-state index contributed by atoms with van der Waals surface area (Å²) >= 11 is 0. The first-order valence-corrected chi connectivity index (χ1v) is 8.09. The van der Waals surface area contributed by atoms with Crippen LogP contribution < -0.4 is 18.9 Å². The molecule has 0 spiro atoms.